The van der Waals surface area contributed by atoms with Gasteiger partial charge < -0.3 is 39.9 Å². The van der Waals surface area contributed by atoms with E-state index < -0.39 is 42.5 Å². The average molecular weight is 1070 g/mol. The lowest BCUT2D eigenvalue weighted by atomic mass is 9.78. The van der Waals surface area contributed by atoms with Crippen LogP contribution in [0.1, 0.15) is 159 Å². The monoisotopic (exact) mass is 1070 g/mol. The predicted octanol–water partition coefficient (Wildman–Crippen LogP) is 12.2. The van der Waals surface area contributed by atoms with Crippen LogP contribution in [0.25, 0.3) is 27.6 Å². The van der Waals surface area contributed by atoms with Crippen LogP contribution in [0.4, 0.5) is 18.4 Å². The van der Waals surface area contributed by atoms with E-state index in [1.807, 2.05) is 68.7 Å². The normalized spacial score (nSPS) is 30.5. The van der Waals surface area contributed by atoms with Crippen molar-refractivity contribution in [3.05, 3.63) is 100 Å². The number of benzene rings is 2. The molecule has 78 heavy (non-hydrogen) atoms. The number of hydrogen-bond donors (Lipinski definition) is 4. The number of hydrogen-bond acceptors (Lipinski definition) is 8. The van der Waals surface area contributed by atoms with Gasteiger partial charge in [-0.15, -0.1) is 0 Å². The number of alkyl halides is 2. The minimum atomic E-state index is -1.33. The van der Waals surface area contributed by atoms with Crippen molar-refractivity contribution in [2.24, 2.45) is 41.4 Å². The van der Waals surface area contributed by atoms with Crippen LogP contribution < -0.4 is 10.6 Å². The first-order valence-electron chi connectivity index (χ1n) is 29.0. The maximum absolute atomic E-state index is 17.3. The lowest BCUT2D eigenvalue weighted by Gasteiger charge is -2.36. The Bertz CT molecular complexity index is 3100. The minimum absolute atomic E-state index is 0.0293. The molecule has 11 rings (SSSR count). The highest BCUT2D eigenvalue weighted by molar-refractivity contribution is 5.90. The second kappa shape index (κ2) is 21.7. The van der Waals surface area contributed by atoms with E-state index in [0.29, 0.717) is 47.2 Å². The molecule has 7 aliphatic rings. The molecule has 2 aromatic carbocycles. The molecule has 4 amide bonds. The molecule has 4 unspecified atom stereocenters. The largest absolute Gasteiger partial charge is 0.453 e. The van der Waals surface area contributed by atoms with E-state index in [1.165, 1.54) is 14.2 Å². The Morgan fingerprint density at radius 1 is 0.705 bits per heavy atom. The fourth-order valence-electron chi connectivity index (χ4n) is 14.9. The van der Waals surface area contributed by atoms with Crippen LogP contribution in [0.2, 0.25) is 0 Å². The first-order valence-corrected chi connectivity index (χ1v) is 29.0. The standard InChI is InChI=1S/C62H78F2N8O6/c1-9-34-23-41(36-19-21-47-49(27-36)68-58(66-47)53-29-38-15-11-13-17-51(38)72(53)60(74)56(32(4)5)70-62(76)78-8)43(30-45(34)63)44-25-39-24-40(33(6)22-42(39)54(44)64)35-18-20-46-48(26-35)67-57(65-46)52-28-37-14-10-12-16-50(37)71(52)59(73)55(31(2)3)69-61(75)77-7/h18-24,26-27,30-34,37-38,40,44-45,50-56H,9-17,25,28-29H2,1-8H3,(H,65,67)(H,66,68)(H,69,75)(H,70,76)/t33?,34?,37-,38-,40+,44?,45+,50-,51-,52-,53-,54?,55-,56-/m0/s1. The first kappa shape index (κ1) is 53.7. The summed E-state index contributed by atoms with van der Waals surface area (Å²) in [4.78, 5) is 75.5. The van der Waals surface area contributed by atoms with Gasteiger partial charge in [0.2, 0.25) is 11.8 Å². The molecule has 14 atom stereocenters. The fourth-order valence-corrected chi connectivity index (χ4v) is 14.9. The summed E-state index contributed by atoms with van der Waals surface area (Å²) in [5, 5.41) is 5.62. The van der Waals surface area contributed by atoms with Gasteiger partial charge in [-0.2, -0.15) is 0 Å². The third-order valence-corrected chi connectivity index (χ3v) is 19.0. The molecule has 0 bridgehead atoms. The highest BCUT2D eigenvalue weighted by Crippen LogP contribution is 2.53. The smallest absolute Gasteiger partial charge is 0.407 e. The Morgan fingerprint density at radius 2 is 1.24 bits per heavy atom. The van der Waals surface area contributed by atoms with Gasteiger partial charge in [-0.3, -0.25) is 9.59 Å². The van der Waals surface area contributed by atoms with Crippen LogP contribution in [0.5, 0.6) is 0 Å². The number of methoxy groups -OCH3 is 2. The van der Waals surface area contributed by atoms with E-state index in [9.17, 15) is 19.2 Å². The van der Waals surface area contributed by atoms with Crippen LogP contribution in [0, 0.1) is 41.4 Å². The number of fused-ring (bicyclic) bond motifs is 5. The van der Waals surface area contributed by atoms with Gasteiger partial charge in [-0.1, -0.05) is 97.6 Å². The molecule has 2 aromatic heterocycles. The Balaban J connectivity index is 0.857. The number of carbonyl (C=O) groups is 4. The second-order valence-electron chi connectivity index (χ2n) is 24.3. The molecule has 416 valence electrons. The van der Waals surface area contributed by atoms with Crippen molar-refractivity contribution in [1.29, 1.82) is 0 Å². The quantitative estimate of drug-likeness (QED) is 0.108. The number of imidazole rings is 2. The number of amides is 4. The minimum Gasteiger partial charge on any atom is -0.453 e. The van der Waals surface area contributed by atoms with Crippen molar-refractivity contribution in [1.82, 2.24) is 40.4 Å². The highest BCUT2D eigenvalue weighted by Gasteiger charge is 2.51. The number of aromatic amines is 2. The molecule has 2 saturated heterocycles. The predicted molar refractivity (Wildman–Crippen MR) is 296 cm³/mol. The van der Waals surface area contributed by atoms with Crippen molar-refractivity contribution in [3.8, 4) is 0 Å². The van der Waals surface area contributed by atoms with Gasteiger partial charge in [0.15, 0.2) is 0 Å². The van der Waals surface area contributed by atoms with Crippen molar-refractivity contribution >= 4 is 51.6 Å². The van der Waals surface area contributed by atoms with Crippen LogP contribution in [0.15, 0.2) is 77.4 Å². The summed E-state index contributed by atoms with van der Waals surface area (Å²) in [5.74, 6) is 0.513. The summed E-state index contributed by atoms with van der Waals surface area (Å²) < 4.78 is 43.4. The summed E-state index contributed by atoms with van der Waals surface area (Å²) in [6, 6.07) is 10.4. The van der Waals surface area contributed by atoms with Crippen LogP contribution in [-0.4, -0.2) is 104 Å². The third kappa shape index (κ3) is 9.74. The van der Waals surface area contributed by atoms with E-state index in [1.54, 1.807) is 6.08 Å². The first-order chi connectivity index (χ1) is 37.5. The molecule has 0 spiro atoms. The lowest BCUT2D eigenvalue weighted by Crippen LogP contribution is -2.53. The van der Waals surface area contributed by atoms with E-state index in [2.05, 4.69) is 57.9 Å². The van der Waals surface area contributed by atoms with E-state index >= 15 is 8.78 Å². The fraction of sp³-hybridized carbons (Fsp3) is 0.581. The Labute approximate surface area is 456 Å². The molecule has 2 aliphatic heterocycles. The van der Waals surface area contributed by atoms with Crippen molar-refractivity contribution in [2.75, 3.05) is 14.2 Å². The highest BCUT2D eigenvalue weighted by atomic mass is 19.1. The number of likely N-dealkylation sites (tertiary alicyclic amines) is 2. The SMILES string of the molecule is CCC1C=C(c2ccc3[nH]c([C@@H]4C[C@@H]5CCCC[C@@H]5N4C(=O)[C@@H](NC(=O)OC)C(C)C)nc3c2)C(C2CC3=C[C@@H](c4ccc5[nH]c([C@@H]6C[C@@H]7CCCC[C@@H]7N6C(=O)[C@@H](NC(=O)OC)C(C)C)nc5c4)C(C)C=C3C2F)=C[C@H]1F. The maximum atomic E-state index is 17.3. The zero-order valence-electron chi connectivity index (χ0n) is 46.5. The van der Waals surface area contributed by atoms with Gasteiger partial charge in [0.1, 0.15) is 36.1 Å². The number of halogens is 2. The molecule has 3 saturated carbocycles. The lowest BCUT2D eigenvalue weighted by molar-refractivity contribution is -0.139. The van der Waals surface area contributed by atoms with Crippen molar-refractivity contribution in [3.63, 3.8) is 0 Å². The number of ether oxygens (including phenoxy) is 2. The number of aromatic nitrogens is 4. The van der Waals surface area contributed by atoms with Crippen molar-refractivity contribution < 1.29 is 37.4 Å². The number of nitrogens with zero attached hydrogens (tertiary/aromatic N) is 4. The Kier molecular flexibility index (Phi) is 15.0. The van der Waals surface area contributed by atoms with Gasteiger partial charge >= 0.3 is 12.2 Å². The van der Waals surface area contributed by atoms with E-state index in [4.69, 9.17) is 19.4 Å². The molecule has 5 fully saturated rings. The summed E-state index contributed by atoms with van der Waals surface area (Å²) >= 11 is 0. The Hall–Kier alpha value is -6.32. The average Bonchev–Trinajstić information content (AvgIpc) is 4.29. The van der Waals surface area contributed by atoms with Crippen LogP contribution >= 0.6 is 0 Å². The second-order valence-corrected chi connectivity index (χ2v) is 24.3. The Morgan fingerprint density at radius 3 is 1.78 bits per heavy atom. The van der Waals surface area contributed by atoms with Gasteiger partial charge in [-0.05, 0) is 145 Å². The number of H-pyrrole nitrogens is 2. The topological polar surface area (TPSA) is 175 Å². The molecule has 16 heteroatoms. The summed E-state index contributed by atoms with van der Waals surface area (Å²) in [5.41, 5.74) is 8.24. The third-order valence-electron chi connectivity index (χ3n) is 19.0. The van der Waals surface area contributed by atoms with Crippen LogP contribution in [-0.2, 0) is 19.1 Å². The summed E-state index contributed by atoms with van der Waals surface area (Å²) in [6.07, 6.45) is 14.9. The molecule has 0 radical (unpaired) electrons. The van der Waals surface area contributed by atoms with Gasteiger partial charge in [0, 0.05) is 29.8 Å². The maximum Gasteiger partial charge on any atom is 0.407 e. The number of nitrogens with one attached hydrogen (secondary N) is 4. The molecule has 14 nitrogen and oxygen atoms in total. The summed E-state index contributed by atoms with van der Waals surface area (Å²) in [6.45, 7) is 11.8. The number of allylic oxidation sites excluding steroid dienone is 8. The van der Waals surface area contributed by atoms with Gasteiger partial charge in [0.25, 0.3) is 0 Å². The van der Waals surface area contributed by atoms with Gasteiger partial charge in [0.05, 0.1) is 48.4 Å². The number of alkyl carbamates (subject to hydrolysis) is 2. The number of rotatable bonds is 12. The molecule has 4 N–H and O–H groups in total. The van der Waals surface area contributed by atoms with E-state index in [-0.39, 0.29) is 65.6 Å². The zero-order valence-corrected chi connectivity index (χ0v) is 46.5. The molecular weight excluding hydrogens is 991 g/mol. The van der Waals surface area contributed by atoms with Crippen LogP contribution in [0.3, 0.4) is 0 Å². The zero-order chi connectivity index (χ0) is 54.8. The number of carbonyl (C=O) groups excluding carboxylic acids is 4. The molecule has 5 aliphatic carbocycles. The van der Waals surface area contributed by atoms with Gasteiger partial charge in [-0.25, -0.2) is 28.3 Å². The summed E-state index contributed by atoms with van der Waals surface area (Å²) in [7, 11) is 2.61. The van der Waals surface area contributed by atoms with Crippen molar-refractivity contribution in [2.45, 2.75) is 173 Å². The molecule has 4 aromatic rings. The van der Waals surface area contributed by atoms with E-state index in [0.717, 1.165) is 109 Å². The molecular formula is C62H78F2N8O6. The molecule has 4 heterocycles.